The molecule has 1 aromatic heterocycles. The normalized spacial score (nSPS) is 18.4. The second-order valence-electron chi connectivity index (χ2n) is 4.28. The summed E-state index contributed by atoms with van der Waals surface area (Å²) in [4.78, 5) is 0. The van der Waals surface area contributed by atoms with Crippen LogP contribution in [0.25, 0.3) is 11.3 Å². The Hall–Kier alpha value is -1.20. The monoisotopic (exact) mass is 293 g/mol. The lowest BCUT2D eigenvalue weighted by molar-refractivity contribution is 0.162. The second kappa shape index (κ2) is 3.92. The van der Waals surface area contributed by atoms with Crippen LogP contribution in [-0.4, -0.2) is 20.1 Å². The van der Waals surface area contributed by atoms with Crippen LogP contribution < -0.4 is 0 Å². The second-order valence-corrected chi connectivity index (χ2v) is 5.20. The van der Waals surface area contributed by atoms with E-state index < -0.39 is 6.10 Å². The Morgan fingerprint density at radius 2 is 2.29 bits per heavy atom. The molecule has 0 aliphatic carbocycles. The minimum Gasteiger partial charge on any atom is -0.388 e. The lowest BCUT2D eigenvalue weighted by Gasteiger charge is -2.11. The lowest BCUT2D eigenvalue weighted by atomic mass is 9.99. The number of benzene rings is 1. The summed E-state index contributed by atoms with van der Waals surface area (Å²) in [5.74, 6) is 0. The van der Waals surface area contributed by atoms with Crippen molar-refractivity contribution in [2.24, 2.45) is 0 Å². The van der Waals surface area contributed by atoms with Crippen LogP contribution in [-0.2, 0) is 6.54 Å². The van der Waals surface area contributed by atoms with Crippen molar-refractivity contribution in [3.8, 4) is 11.3 Å². The van der Waals surface area contributed by atoms with E-state index in [4.69, 9.17) is 0 Å². The average Bonchev–Trinajstić information content (AvgIpc) is 2.61. The summed E-state index contributed by atoms with van der Waals surface area (Å²) in [6.45, 7) is 2.64. The molecule has 2 aromatic rings. The van der Waals surface area contributed by atoms with Crippen LogP contribution in [0.2, 0.25) is 0 Å². The molecule has 88 valence electrons. The molecule has 0 radical (unpaired) electrons. The summed E-state index contributed by atoms with van der Waals surface area (Å²) in [6.07, 6.45) is 0.225. The molecule has 1 atom stereocenters. The molecule has 5 heteroatoms. The molecule has 1 unspecified atom stereocenters. The Kier molecular flexibility index (Phi) is 2.52. The minimum absolute atomic E-state index is 0.441. The van der Waals surface area contributed by atoms with Gasteiger partial charge in [0.1, 0.15) is 0 Å². The fourth-order valence-corrected chi connectivity index (χ4v) is 2.69. The minimum atomic E-state index is -0.441. The average molecular weight is 294 g/mol. The molecule has 1 N–H and O–H groups in total. The van der Waals surface area contributed by atoms with Crippen LogP contribution in [0.5, 0.6) is 0 Å². The number of hydrogen-bond donors (Lipinski definition) is 1. The largest absolute Gasteiger partial charge is 0.388 e. The molecule has 1 aromatic carbocycles. The SMILES string of the molecule is Cc1nnn2c1-c1ccc(Br)cc1C(O)CC2. The fraction of sp³-hybridized carbons (Fsp3) is 0.333. The smallest absolute Gasteiger partial charge is 0.0918 e. The summed E-state index contributed by atoms with van der Waals surface area (Å²) in [7, 11) is 0. The van der Waals surface area contributed by atoms with Gasteiger partial charge in [0, 0.05) is 16.6 Å². The number of aryl methyl sites for hydroxylation is 2. The zero-order chi connectivity index (χ0) is 12.0. The topological polar surface area (TPSA) is 50.9 Å². The van der Waals surface area contributed by atoms with Crippen LogP contribution >= 0.6 is 15.9 Å². The molecule has 0 saturated carbocycles. The van der Waals surface area contributed by atoms with Crippen LogP contribution in [0.4, 0.5) is 0 Å². The highest BCUT2D eigenvalue weighted by Gasteiger charge is 2.23. The first-order valence-corrected chi connectivity index (χ1v) is 6.34. The van der Waals surface area contributed by atoms with Gasteiger partial charge in [-0.1, -0.05) is 27.2 Å². The molecule has 4 nitrogen and oxygen atoms in total. The summed E-state index contributed by atoms with van der Waals surface area (Å²) < 4.78 is 2.85. The van der Waals surface area contributed by atoms with Gasteiger partial charge in [-0.3, -0.25) is 0 Å². The third-order valence-corrected chi connectivity index (χ3v) is 3.64. The first-order chi connectivity index (χ1) is 8.16. The van der Waals surface area contributed by atoms with Crippen LogP contribution in [0.3, 0.4) is 0 Å². The van der Waals surface area contributed by atoms with Crippen molar-refractivity contribution in [2.45, 2.75) is 26.0 Å². The highest BCUT2D eigenvalue weighted by atomic mass is 79.9. The molecule has 1 aliphatic heterocycles. The molecule has 3 rings (SSSR count). The number of aliphatic hydroxyl groups excluding tert-OH is 1. The first-order valence-electron chi connectivity index (χ1n) is 5.55. The van der Waals surface area contributed by atoms with Gasteiger partial charge in [0.2, 0.25) is 0 Å². The predicted molar refractivity (Wildman–Crippen MR) is 67.5 cm³/mol. The number of halogens is 1. The van der Waals surface area contributed by atoms with Crippen molar-refractivity contribution in [1.29, 1.82) is 0 Å². The predicted octanol–water partition coefficient (Wildman–Crippen LogP) is 2.45. The standard InChI is InChI=1S/C12H12BrN3O/c1-7-12-9-3-2-8(13)6-10(9)11(17)4-5-16(12)15-14-7/h2-3,6,11,17H,4-5H2,1H3. The van der Waals surface area contributed by atoms with Crippen LogP contribution in [0.1, 0.15) is 23.8 Å². The van der Waals surface area contributed by atoms with E-state index in [0.29, 0.717) is 13.0 Å². The first kappa shape index (κ1) is 10.9. The molecule has 0 saturated heterocycles. The number of hydrogen-bond acceptors (Lipinski definition) is 3. The van der Waals surface area contributed by atoms with Crippen LogP contribution in [0, 0.1) is 6.92 Å². The van der Waals surface area contributed by atoms with Gasteiger partial charge in [-0.15, -0.1) is 5.10 Å². The molecule has 17 heavy (non-hydrogen) atoms. The van der Waals surface area contributed by atoms with Gasteiger partial charge < -0.3 is 5.11 Å². The highest BCUT2D eigenvalue weighted by Crippen LogP contribution is 2.36. The van der Waals surface area contributed by atoms with E-state index in [1.54, 1.807) is 0 Å². The Morgan fingerprint density at radius 3 is 3.12 bits per heavy atom. The molecule has 2 heterocycles. The summed E-state index contributed by atoms with van der Waals surface area (Å²) >= 11 is 3.44. The van der Waals surface area contributed by atoms with E-state index in [1.807, 2.05) is 29.8 Å². The Labute approximate surface area is 107 Å². The third-order valence-electron chi connectivity index (χ3n) is 3.15. The maximum absolute atomic E-state index is 10.2. The van der Waals surface area contributed by atoms with Gasteiger partial charge in [0.25, 0.3) is 0 Å². The Bertz CT molecular complexity index is 579. The summed E-state index contributed by atoms with van der Waals surface area (Å²) in [5.41, 5.74) is 3.90. The van der Waals surface area contributed by atoms with E-state index in [2.05, 4.69) is 26.2 Å². The fourth-order valence-electron chi connectivity index (χ4n) is 2.32. The zero-order valence-electron chi connectivity index (χ0n) is 9.39. The lowest BCUT2D eigenvalue weighted by Crippen LogP contribution is -2.02. The molecule has 0 amide bonds. The summed E-state index contributed by atoms with van der Waals surface area (Å²) in [6, 6.07) is 5.96. The third kappa shape index (κ3) is 1.70. The maximum Gasteiger partial charge on any atom is 0.0918 e. The van der Waals surface area contributed by atoms with Crippen molar-refractivity contribution in [3.05, 3.63) is 33.9 Å². The number of aliphatic hydroxyl groups is 1. The van der Waals surface area contributed by atoms with E-state index >= 15 is 0 Å². The van der Waals surface area contributed by atoms with Crippen molar-refractivity contribution >= 4 is 15.9 Å². The van der Waals surface area contributed by atoms with E-state index in [0.717, 1.165) is 27.0 Å². The van der Waals surface area contributed by atoms with Crippen LogP contribution in [0.15, 0.2) is 22.7 Å². The van der Waals surface area contributed by atoms with Gasteiger partial charge in [-0.05, 0) is 31.0 Å². The van der Waals surface area contributed by atoms with Gasteiger partial charge in [-0.25, -0.2) is 4.68 Å². The Balaban J connectivity index is 2.30. The van der Waals surface area contributed by atoms with Crippen molar-refractivity contribution < 1.29 is 5.11 Å². The van der Waals surface area contributed by atoms with E-state index in [9.17, 15) is 5.11 Å². The van der Waals surface area contributed by atoms with E-state index in [1.165, 1.54) is 0 Å². The molecule has 0 bridgehead atoms. The van der Waals surface area contributed by atoms with Gasteiger partial charge in [0.05, 0.1) is 17.5 Å². The molecule has 0 spiro atoms. The molecule has 1 aliphatic rings. The quantitative estimate of drug-likeness (QED) is 0.812. The molecular formula is C12H12BrN3O. The number of fused-ring (bicyclic) bond motifs is 3. The van der Waals surface area contributed by atoms with Gasteiger partial charge in [0.15, 0.2) is 0 Å². The number of nitrogens with zero attached hydrogens (tertiary/aromatic N) is 3. The van der Waals surface area contributed by atoms with Gasteiger partial charge >= 0.3 is 0 Å². The Morgan fingerprint density at radius 1 is 1.47 bits per heavy atom. The zero-order valence-corrected chi connectivity index (χ0v) is 11.0. The summed E-state index contributed by atoms with van der Waals surface area (Å²) in [5, 5.41) is 18.4. The molecular weight excluding hydrogens is 282 g/mol. The van der Waals surface area contributed by atoms with Crippen molar-refractivity contribution in [2.75, 3.05) is 0 Å². The maximum atomic E-state index is 10.2. The number of aromatic nitrogens is 3. The number of rotatable bonds is 0. The highest BCUT2D eigenvalue weighted by molar-refractivity contribution is 9.10. The van der Waals surface area contributed by atoms with E-state index in [-0.39, 0.29) is 0 Å². The van der Waals surface area contributed by atoms with Crippen molar-refractivity contribution in [1.82, 2.24) is 15.0 Å². The molecule has 0 fully saturated rings. The van der Waals surface area contributed by atoms with Gasteiger partial charge in [-0.2, -0.15) is 0 Å². The van der Waals surface area contributed by atoms with Crippen molar-refractivity contribution in [3.63, 3.8) is 0 Å².